The van der Waals surface area contributed by atoms with E-state index >= 15 is 0 Å². The number of hydrogen-bond acceptors (Lipinski definition) is 5. The third-order valence-corrected chi connectivity index (χ3v) is 6.13. The van der Waals surface area contributed by atoms with E-state index in [2.05, 4.69) is 15.2 Å². The van der Waals surface area contributed by atoms with Crippen LogP contribution in [0.5, 0.6) is 0 Å². The van der Waals surface area contributed by atoms with Crippen LogP contribution in [0.1, 0.15) is 32.1 Å². The van der Waals surface area contributed by atoms with E-state index in [1.54, 1.807) is 12.1 Å². The van der Waals surface area contributed by atoms with Crippen molar-refractivity contribution in [2.24, 2.45) is 0 Å². The van der Waals surface area contributed by atoms with Gasteiger partial charge in [0.05, 0.1) is 30.4 Å². The first-order valence-corrected chi connectivity index (χ1v) is 10.2. The van der Waals surface area contributed by atoms with E-state index in [1.165, 1.54) is 30.2 Å². The van der Waals surface area contributed by atoms with Crippen molar-refractivity contribution in [1.82, 2.24) is 19.8 Å². The SMILES string of the molecule is O=C(Cn1cnc2ccccc2c1=O)NCC1(N2CCOCC2)CCCCC1. The number of carbonyl (C=O) groups is 1. The summed E-state index contributed by atoms with van der Waals surface area (Å²) in [5.41, 5.74) is 0.489. The molecule has 150 valence electrons. The molecule has 0 bridgehead atoms. The first kappa shape index (κ1) is 19.1. The molecule has 28 heavy (non-hydrogen) atoms. The molecule has 7 heteroatoms. The van der Waals surface area contributed by atoms with Crippen LogP contribution >= 0.6 is 0 Å². The molecule has 1 aromatic heterocycles. The van der Waals surface area contributed by atoms with Crippen molar-refractivity contribution in [3.8, 4) is 0 Å². The Bertz CT molecular complexity index is 883. The molecule has 2 aliphatic rings. The number of carbonyl (C=O) groups excluding carboxylic acids is 1. The van der Waals surface area contributed by atoms with Crippen LogP contribution in [-0.2, 0) is 16.1 Å². The Morgan fingerprint density at radius 1 is 1.14 bits per heavy atom. The normalized spacial score (nSPS) is 20.1. The molecule has 0 unspecified atom stereocenters. The van der Waals surface area contributed by atoms with Crippen LogP contribution in [0.15, 0.2) is 35.4 Å². The van der Waals surface area contributed by atoms with Crippen molar-refractivity contribution in [2.75, 3.05) is 32.8 Å². The zero-order chi connectivity index (χ0) is 19.4. The highest BCUT2D eigenvalue weighted by molar-refractivity contribution is 5.78. The number of rotatable bonds is 5. The van der Waals surface area contributed by atoms with Crippen molar-refractivity contribution >= 4 is 16.8 Å². The number of para-hydroxylation sites is 1. The predicted octanol–water partition coefficient (Wildman–Crippen LogP) is 1.55. The zero-order valence-electron chi connectivity index (χ0n) is 16.2. The van der Waals surface area contributed by atoms with Crippen LogP contribution in [0.4, 0.5) is 0 Å². The van der Waals surface area contributed by atoms with Gasteiger partial charge in [0.1, 0.15) is 6.54 Å². The van der Waals surface area contributed by atoms with Gasteiger partial charge in [-0.1, -0.05) is 31.4 Å². The smallest absolute Gasteiger partial charge is 0.261 e. The second kappa shape index (κ2) is 8.41. The van der Waals surface area contributed by atoms with Gasteiger partial charge in [0.2, 0.25) is 5.91 Å². The minimum Gasteiger partial charge on any atom is -0.379 e. The lowest BCUT2D eigenvalue weighted by atomic mass is 9.79. The van der Waals surface area contributed by atoms with Crippen LogP contribution in [0.2, 0.25) is 0 Å². The molecule has 1 aliphatic carbocycles. The molecule has 2 aromatic rings. The van der Waals surface area contributed by atoms with Gasteiger partial charge in [-0.25, -0.2) is 4.98 Å². The maximum Gasteiger partial charge on any atom is 0.261 e. The predicted molar refractivity (Wildman–Crippen MR) is 107 cm³/mol. The monoisotopic (exact) mass is 384 g/mol. The van der Waals surface area contributed by atoms with Crippen LogP contribution in [0, 0.1) is 0 Å². The van der Waals surface area contributed by atoms with Crippen molar-refractivity contribution in [3.05, 3.63) is 40.9 Å². The third-order valence-electron chi connectivity index (χ3n) is 6.13. The molecule has 1 N–H and O–H groups in total. The summed E-state index contributed by atoms with van der Waals surface area (Å²) < 4.78 is 6.90. The molecule has 1 aliphatic heterocycles. The van der Waals surface area contributed by atoms with Gasteiger partial charge >= 0.3 is 0 Å². The molecule has 1 saturated heterocycles. The Morgan fingerprint density at radius 2 is 1.89 bits per heavy atom. The van der Waals surface area contributed by atoms with Crippen molar-refractivity contribution in [1.29, 1.82) is 0 Å². The molecule has 7 nitrogen and oxygen atoms in total. The first-order valence-electron chi connectivity index (χ1n) is 10.2. The summed E-state index contributed by atoms with van der Waals surface area (Å²) in [6.07, 6.45) is 7.32. The van der Waals surface area contributed by atoms with Crippen molar-refractivity contribution < 1.29 is 9.53 Å². The van der Waals surface area contributed by atoms with E-state index in [9.17, 15) is 9.59 Å². The van der Waals surface area contributed by atoms with E-state index in [4.69, 9.17) is 4.74 Å². The largest absolute Gasteiger partial charge is 0.379 e. The number of benzene rings is 1. The van der Waals surface area contributed by atoms with Gasteiger partial charge in [0.25, 0.3) is 5.56 Å². The highest BCUT2D eigenvalue weighted by atomic mass is 16.5. The summed E-state index contributed by atoms with van der Waals surface area (Å²) in [6, 6.07) is 7.21. The molecule has 0 spiro atoms. The Hall–Kier alpha value is -2.25. The van der Waals surface area contributed by atoms with Crippen LogP contribution in [-0.4, -0.2) is 58.7 Å². The minimum atomic E-state index is -0.179. The maximum absolute atomic E-state index is 12.6. The molecular weight excluding hydrogens is 356 g/mol. The van der Waals surface area contributed by atoms with Gasteiger partial charge in [0.15, 0.2) is 0 Å². The standard InChI is InChI=1S/C21H28N4O3/c26-19(14-24-16-23-18-7-3-2-6-17(18)20(24)27)22-15-21(8-4-1-5-9-21)25-10-12-28-13-11-25/h2-3,6-7,16H,1,4-5,8-15H2,(H,22,26). The minimum absolute atomic E-state index is 0.00411. The second-order valence-electron chi connectivity index (χ2n) is 7.86. The molecule has 4 rings (SSSR count). The molecule has 2 fully saturated rings. The van der Waals surface area contributed by atoms with E-state index in [1.807, 2.05) is 12.1 Å². The Labute approximate surface area is 164 Å². The molecule has 1 aromatic carbocycles. The fourth-order valence-corrected chi connectivity index (χ4v) is 4.54. The van der Waals surface area contributed by atoms with E-state index < -0.39 is 0 Å². The van der Waals surface area contributed by atoms with Gasteiger partial charge < -0.3 is 10.1 Å². The van der Waals surface area contributed by atoms with E-state index in [-0.39, 0.29) is 23.6 Å². The lowest BCUT2D eigenvalue weighted by Gasteiger charge is -2.48. The topological polar surface area (TPSA) is 76.5 Å². The molecule has 1 amide bonds. The van der Waals surface area contributed by atoms with Gasteiger partial charge in [-0.05, 0) is 25.0 Å². The van der Waals surface area contributed by atoms with Crippen LogP contribution in [0.25, 0.3) is 10.9 Å². The Morgan fingerprint density at radius 3 is 2.68 bits per heavy atom. The average molecular weight is 384 g/mol. The summed E-state index contributed by atoms with van der Waals surface area (Å²) in [6.45, 7) is 3.98. The third kappa shape index (κ3) is 3.95. The van der Waals surface area contributed by atoms with Crippen molar-refractivity contribution in [2.45, 2.75) is 44.2 Å². The van der Waals surface area contributed by atoms with Crippen LogP contribution in [0.3, 0.4) is 0 Å². The zero-order valence-corrected chi connectivity index (χ0v) is 16.2. The van der Waals surface area contributed by atoms with Crippen molar-refractivity contribution in [3.63, 3.8) is 0 Å². The summed E-state index contributed by atoms with van der Waals surface area (Å²) in [7, 11) is 0. The molecular formula is C21H28N4O3. The Balaban J connectivity index is 1.44. The number of nitrogens with one attached hydrogen (secondary N) is 1. The van der Waals surface area contributed by atoms with Crippen LogP contribution < -0.4 is 10.9 Å². The van der Waals surface area contributed by atoms with E-state index in [0.717, 1.165) is 39.1 Å². The summed E-state index contributed by atoms with van der Waals surface area (Å²) >= 11 is 0. The summed E-state index contributed by atoms with van der Waals surface area (Å²) in [4.78, 5) is 32.0. The number of amides is 1. The summed E-state index contributed by atoms with van der Waals surface area (Å²) in [5, 5.41) is 3.64. The quantitative estimate of drug-likeness (QED) is 0.846. The second-order valence-corrected chi connectivity index (χ2v) is 7.86. The summed E-state index contributed by atoms with van der Waals surface area (Å²) in [5.74, 6) is -0.141. The molecule has 0 radical (unpaired) electrons. The fraction of sp³-hybridized carbons (Fsp3) is 0.571. The number of ether oxygens (including phenoxy) is 1. The number of fused-ring (bicyclic) bond motifs is 1. The number of nitrogens with zero attached hydrogens (tertiary/aromatic N) is 3. The number of hydrogen-bond donors (Lipinski definition) is 1. The average Bonchev–Trinajstić information content (AvgIpc) is 2.76. The fourth-order valence-electron chi connectivity index (χ4n) is 4.54. The van der Waals surface area contributed by atoms with Gasteiger partial charge in [-0.3, -0.25) is 19.1 Å². The highest BCUT2D eigenvalue weighted by Gasteiger charge is 2.38. The maximum atomic E-state index is 12.6. The Kier molecular flexibility index (Phi) is 5.73. The first-order chi connectivity index (χ1) is 13.7. The molecule has 2 heterocycles. The van der Waals surface area contributed by atoms with E-state index in [0.29, 0.717) is 17.4 Å². The molecule has 1 saturated carbocycles. The number of aromatic nitrogens is 2. The van der Waals surface area contributed by atoms with Gasteiger partial charge in [0, 0.05) is 25.2 Å². The number of morpholine rings is 1. The van der Waals surface area contributed by atoms with Gasteiger partial charge in [-0.15, -0.1) is 0 Å². The highest BCUT2D eigenvalue weighted by Crippen LogP contribution is 2.33. The molecule has 0 atom stereocenters. The lowest BCUT2D eigenvalue weighted by Crippen LogP contribution is -2.59. The lowest BCUT2D eigenvalue weighted by molar-refractivity contribution is -0.123. The van der Waals surface area contributed by atoms with Gasteiger partial charge in [-0.2, -0.15) is 0 Å².